The Morgan fingerprint density at radius 1 is 0.472 bits per heavy atom. The molecular weight excluding hydrogens is 647 g/mol. The molecule has 0 saturated carbocycles. The van der Waals surface area contributed by atoms with Crippen LogP contribution in [0.4, 0.5) is 0 Å². The number of para-hydroxylation sites is 1. The SMILES string of the molecule is N=C(N=C(N=Cc1ccc(-c2ccc(-c3ccccc3)cc2)cc1)c1ccccc1)c1cc(-c2ccc3ccccc3c2)cc2oc3ccccc3c12. The lowest BCUT2D eigenvalue weighted by Crippen LogP contribution is -2.05. The summed E-state index contributed by atoms with van der Waals surface area (Å²) in [5.41, 5.74) is 10.6. The third-order valence-electron chi connectivity index (χ3n) is 9.64. The van der Waals surface area contributed by atoms with Crippen LogP contribution >= 0.6 is 0 Å². The Kier molecular flexibility index (Phi) is 8.31. The number of furan rings is 1. The fourth-order valence-electron chi connectivity index (χ4n) is 6.88. The predicted octanol–water partition coefficient (Wildman–Crippen LogP) is 12.6. The first-order valence-corrected chi connectivity index (χ1v) is 17.6. The number of fused-ring (bicyclic) bond motifs is 4. The zero-order valence-corrected chi connectivity index (χ0v) is 28.8. The molecule has 1 aromatic heterocycles. The predicted molar refractivity (Wildman–Crippen MR) is 221 cm³/mol. The van der Waals surface area contributed by atoms with Gasteiger partial charge in [0.1, 0.15) is 11.2 Å². The molecule has 0 unspecified atom stereocenters. The van der Waals surface area contributed by atoms with Crippen molar-refractivity contribution in [3.8, 4) is 33.4 Å². The summed E-state index contributed by atoms with van der Waals surface area (Å²) in [6.07, 6.45) is 1.82. The van der Waals surface area contributed by atoms with E-state index in [9.17, 15) is 5.41 Å². The van der Waals surface area contributed by atoms with Gasteiger partial charge in [-0.1, -0.05) is 164 Å². The number of nitrogens with one attached hydrogen (secondary N) is 1. The van der Waals surface area contributed by atoms with Crippen LogP contribution in [0.2, 0.25) is 0 Å². The van der Waals surface area contributed by atoms with Gasteiger partial charge in [0.2, 0.25) is 0 Å². The van der Waals surface area contributed by atoms with Crippen molar-refractivity contribution in [1.82, 2.24) is 0 Å². The molecule has 0 amide bonds. The molecule has 0 aliphatic rings. The molecule has 0 aliphatic carbocycles. The Bertz CT molecular complexity index is 2810. The summed E-state index contributed by atoms with van der Waals surface area (Å²) in [6.45, 7) is 0. The third kappa shape index (κ3) is 6.46. The molecule has 9 aromatic rings. The van der Waals surface area contributed by atoms with Crippen LogP contribution in [0.5, 0.6) is 0 Å². The molecule has 0 spiro atoms. The van der Waals surface area contributed by atoms with Gasteiger partial charge in [0.25, 0.3) is 0 Å². The molecule has 0 aliphatic heterocycles. The number of hydrogen-bond acceptors (Lipinski definition) is 2. The van der Waals surface area contributed by atoms with Crippen LogP contribution in [-0.2, 0) is 0 Å². The van der Waals surface area contributed by atoms with E-state index >= 15 is 0 Å². The molecule has 0 atom stereocenters. The Morgan fingerprint density at radius 3 is 1.79 bits per heavy atom. The summed E-state index contributed by atoms with van der Waals surface area (Å²) in [5, 5.41) is 13.6. The monoisotopic (exact) mass is 679 g/mol. The van der Waals surface area contributed by atoms with Gasteiger partial charge in [-0.25, -0.2) is 9.98 Å². The average molecular weight is 680 g/mol. The van der Waals surface area contributed by atoms with Crippen LogP contribution in [-0.4, -0.2) is 17.9 Å². The molecule has 9 rings (SSSR count). The van der Waals surface area contributed by atoms with Crippen molar-refractivity contribution >= 4 is 50.6 Å². The highest BCUT2D eigenvalue weighted by molar-refractivity contribution is 6.21. The fourth-order valence-corrected chi connectivity index (χ4v) is 6.88. The van der Waals surface area contributed by atoms with Crippen molar-refractivity contribution in [3.63, 3.8) is 0 Å². The molecule has 0 fully saturated rings. The van der Waals surface area contributed by atoms with E-state index in [1.807, 2.05) is 72.9 Å². The molecule has 0 radical (unpaired) electrons. The Labute approximate surface area is 307 Å². The normalized spacial score (nSPS) is 11.9. The number of rotatable bonds is 6. The van der Waals surface area contributed by atoms with Crippen LogP contribution in [0.25, 0.3) is 66.1 Å². The average Bonchev–Trinajstić information content (AvgIpc) is 3.61. The minimum absolute atomic E-state index is 0.106. The van der Waals surface area contributed by atoms with Crippen molar-refractivity contribution in [2.75, 3.05) is 0 Å². The van der Waals surface area contributed by atoms with Gasteiger partial charge in [0.15, 0.2) is 11.7 Å². The maximum Gasteiger partial charge on any atom is 0.161 e. The molecule has 1 heterocycles. The topological polar surface area (TPSA) is 61.7 Å². The van der Waals surface area contributed by atoms with E-state index in [-0.39, 0.29) is 5.84 Å². The zero-order valence-electron chi connectivity index (χ0n) is 28.8. The summed E-state index contributed by atoms with van der Waals surface area (Å²) < 4.78 is 6.38. The van der Waals surface area contributed by atoms with E-state index in [1.165, 1.54) is 16.5 Å². The standard InChI is InChI=1S/C49H33N3O/c50-48(44-30-42(41-28-27-35-13-7-8-16-40(35)29-41)31-46-47(44)43-17-9-10-18-45(43)53-46)52-49(39-14-5-2-6-15-39)51-32-33-19-21-36(22-20-33)38-25-23-37(24-26-38)34-11-3-1-4-12-34/h1-32,50H. The molecule has 0 bridgehead atoms. The Balaban J connectivity index is 1.07. The van der Waals surface area contributed by atoms with Gasteiger partial charge in [-0.05, 0) is 74.0 Å². The Morgan fingerprint density at radius 2 is 1.06 bits per heavy atom. The second-order valence-corrected chi connectivity index (χ2v) is 13.0. The van der Waals surface area contributed by atoms with Gasteiger partial charge >= 0.3 is 0 Å². The molecule has 4 heteroatoms. The maximum atomic E-state index is 9.47. The minimum atomic E-state index is 0.106. The van der Waals surface area contributed by atoms with Crippen LogP contribution in [0.3, 0.4) is 0 Å². The van der Waals surface area contributed by atoms with Gasteiger partial charge < -0.3 is 4.42 Å². The number of nitrogens with zero attached hydrogens (tertiary/aromatic N) is 2. The van der Waals surface area contributed by atoms with Crippen molar-refractivity contribution in [1.29, 1.82) is 5.41 Å². The maximum absolute atomic E-state index is 9.47. The molecule has 1 N–H and O–H groups in total. The van der Waals surface area contributed by atoms with E-state index in [4.69, 9.17) is 14.4 Å². The highest BCUT2D eigenvalue weighted by Gasteiger charge is 2.18. The summed E-state index contributed by atoms with van der Waals surface area (Å²) in [4.78, 5) is 9.79. The molecule has 250 valence electrons. The fraction of sp³-hybridized carbons (Fsp3) is 0. The van der Waals surface area contributed by atoms with Gasteiger partial charge in [-0.2, -0.15) is 0 Å². The smallest absolute Gasteiger partial charge is 0.161 e. The highest BCUT2D eigenvalue weighted by atomic mass is 16.3. The van der Waals surface area contributed by atoms with Crippen LogP contribution in [0, 0.1) is 5.41 Å². The lowest BCUT2D eigenvalue weighted by molar-refractivity contribution is 0.669. The zero-order chi connectivity index (χ0) is 35.6. The van der Waals surface area contributed by atoms with E-state index in [0.717, 1.165) is 55.1 Å². The number of aliphatic imine (C=N–C) groups is 2. The third-order valence-corrected chi connectivity index (χ3v) is 9.64. The number of amidine groups is 2. The molecule has 0 saturated heterocycles. The van der Waals surface area contributed by atoms with E-state index < -0.39 is 0 Å². The van der Waals surface area contributed by atoms with Crippen LogP contribution < -0.4 is 0 Å². The highest BCUT2D eigenvalue weighted by Crippen LogP contribution is 2.36. The van der Waals surface area contributed by atoms with E-state index in [0.29, 0.717) is 17.0 Å². The van der Waals surface area contributed by atoms with Crippen molar-refractivity contribution in [2.24, 2.45) is 9.98 Å². The number of hydrogen-bond donors (Lipinski definition) is 1. The van der Waals surface area contributed by atoms with Crippen LogP contribution in [0.1, 0.15) is 16.7 Å². The summed E-state index contributed by atoms with van der Waals surface area (Å²) in [5.74, 6) is 0.558. The van der Waals surface area contributed by atoms with E-state index in [1.54, 1.807) is 0 Å². The first-order chi connectivity index (χ1) is 26.2. The van der Waals surface area contributed by atoms with Crippen molar-refractivity contribution < 1.29 is 4.42 Å². The molecular formula is C49H33N3O. The van der Waals surface area contributed by atoms with Crippen molar-refractivity contribution in [2.45, 2.75) is 0 Å². The number of benzene rings is 8. The van der Waals surface area contributed by atoms with Crippen molar-refractivity contribution in [3.05, 3.63) is 205 Å². The lowest BCUT2D eigenvalue weighted by Gasteiger charge is -2.09. The minimum Gasteiger partial charge on any atom is -0.456 e. The van der Waals surface area contributed by atoms with Gasteiger partial charge in [0.05, 0.1) is 0 Å². The second kappa shape index (κ2) is 13.9. The second-order valence-electron chi connectivity index (χ2n) is 13.0. The first kappa shape index (κ1) is 31.8. The summed E-state index contributed by atoms with van der Waals surface area (Å²) in [6, 6.07) is 64.1. The molecule has 53 heavy (non-hydrogen) atoms. The lowest BCUT2D eigenvalue weighted by atomic mass is 9.96. The molecule has 4 nitrogen and oxygen atoms in total. The van der Waals surface area contributed by atoms with Gasteiger partial charge in [0, 0.05) is 28.1 Å². The molecule has 8 aromatic carbocycles. The first-order valence-electron chi connectivity index (χ1n) is 17.6. The van der Waals surface area contributed by atoms with Gasteiger partial charge in [-0.15, -0.1) is 0 Å². The van der Waals surface area contributed by atoms with E-state index in [2.05, 4.69) is 121 Å². The summed E-state index contributed by atoms with van der Waals surface area (Å²) >= 11 is 0. The Hall–Kier alpha value is -7.17. The largest absolute Gasteiger partial charge is 0.456 e. The van der Waals surface area contributed by atoms with Crippen LogP contribution in [0.15, 0.2) is 202 Å². The van der Waals surface area contributed by atoms with Gasteiger partial charge in [-0.3, -0.25) is 5.41 Å². The summed E-state index contributed by atoms with van der Waals surface area (Å²) in [7, 11) is 0. The quantitative estimate of drug-likeness (QED) is 0.138.